The van der Waals surface area contributed by atoms with Crippen molar-refractivity contribution < 1.29 is 14.6 Å². The van der Waals surface area contributed by atoms with Gasteiger partial charge >= 0.3 is 5.97 Å². The number of pyridine rings is 1. The van der Waals surface area contributed by atoms with E-state index in [1.807, 2.05) is 23.1 Å². The Bertz CT molecular complexity index is 356. The van der Waals surface area contributed by atoms with Crippen molar-refractivity contribution in [2.75, 3.05) is 19.7 Å². The highest BCUT2D eigenvalue weighted by Crippen LogP contribution is 2.08. The molecule has 86 valence electrons. The van der Waals surface area contributed by atoms with Crippen LogP contribution < -0.4 is 0 Å². The van der Waals surface area contributed by atoms with Crippen LogP contribution in [0.15, 0.2) is 24.4 Å². The van der Waals surface area contributed by atoms with Crippen LogP contribution in [0.4, 0.5) is 0 Å². The zero-order chi connectivity index (χ0) is 11.4. The molecule has 1 aliphatic rings. The van der Waals surface area contributed by atoms with Crippen molar-refractivity contribution in [3.05, 3.63) is 30.1 Å². The molecule has 0 spiro atoms. The molecule has 1 saturated heterocycles. The Hall–Kier alpha value is -1.46. The lowest BCUT2D eigenvalue weighted by molar-refractivity contribution is -0.156. The van der Waals surface area contributed by atoms with E-state index in [0.717, 1.165) is 12.2 Å². The fourth-order valence-electron chi connectivity index (χ4n) is 1.72. The summed E-state index contributed by atoms with van der Waals surface area (Å²) < 4.78 is 5.15. The molecule has 1 aromatic heterocycles. The summed E-state index contributed by atoms with van der Waals surface area (Å²) in [4.78, 5) is 17.0. The molecule has 0 saturated carbocycles. The summed E-state index contributed by atoms with van der Waals surface area (Å²) >= 11 is 0. The number of carbonyl (C=O) groups is 1. The second-order valence-electron chi connectivity index (χ2n) is 3.75. The molecule has 5 heteroatoms. The average molecular weight is 222 g/mol. The molecular formula is C11H14N2O3. The van der Waals surface area contributed by atoms with Crippen LogP contribution in [0, 0.1) is 0 Å². The minimum atomic E-state index is -0.897. The Balaban J connectivity index is 1.93. The van der Waals surface area contributed by atoms with Crippen LogP contribution in [0.5, 0.6) is 0 Å². The Labute approximate surface area is 93.7 Å². The number of hydrogen-bond donors (Lipinski definition) is 1. The highest BCUT2D eigenvalue weighted by molar-refractivity contribution is 5.72. The van der Waals surface area contributed by atoms with Crippen LogP contribution in [0.3, 0.4) is 0 Å². The van der Waals surface area contributed by atoms with Crippen molar-refractivity contribution in [1.82, 2.24) is 9.88 Å². The Morgan fingerprint density at radius 2 is 2.50 bits per heavy atom. The topological polar surface area (TPSA) is 62.7 Å². The van der Waals surface area contributed by atoms with Gasteiger partial charge in [-0.05, 0) is 12.1 Å². The van der Waals surface area contributed by atoms with Crippen molar-refractivity contribution in [2.24, 2.45) is 0 Å². The van der Waals surface area contributed by atoms with Gasteiger partial charge in [-0.15, -0.1) is 0 Å². The first-order valence-electron chi connectivity index (χ1n) is 5.22. The molecule has 0 radical (unpaired) electrons. The van der Waals surface area contributed by atoms with Crippen LogP contribution in [0.1, 0.15) is 5.69 Å². The van der Waals surface area contributed by atoms with Crippen LogP contribution in [0.2, 0.25) is 0 Å². The molecule has 0 amide bonds. The summed E-state index contributed by atoms with van der Waals surface area (Å²) in [6.45, 7) is 2.31. The van der Waals surface area contributed by atoms with Crippen molar-refractivity contribution in [3.8, 4) is 0 Å². The largest absolute Gasteiger partial charge is 0.479 e. The first kappa shape index (κ1) is 11.0. The second kappa shape index (κ2) is 5.05. The molecule has 1 fully saturated rings. The van der Waals surface area contributed by atoms with Crippen LogP contribution in [-0.2, 0) is 16.1 Å². The van der Waals surface area contributed by atoms with E-state index in [-0.39, 0.29) is 0 Å². The first-order valence-corrected chi connectivity index (χ1v) is 5.22. The number of carboxylic acid groups (broad SMARTS) is 1. The van der Waals surface area contributed by atoms with Crippen molar-refractivity contribution in [3.63, 3.8) is 0 Å². The van der Waals surface area contributed by atoms with Gasteiger partial charge in [0.25, 0.3) is 0 Å². The molecule has 0 bridgehead atoms. The van der Waals surface area contributed by atoms with Crippen LogP contribution in [-0.4, -0.2) is 46.8 Å². The van der Waals surface area contributed by atoms with E-state index in [9.17, 15) is 4.79 Å². The molecule has 1 unspecified atom stereocenters. The number of hydrogen-bond acceptors (Lipinski definition) is 4. The van der Waals surface area contributed by atoms with E-state index in [1.54, 1.807) is 6.20 Å². The van der Waals surface area contributed by atoms with Gasteiger partial charge in [-0.2, -0.15) is 0 Å². The van der Waals surface area contributed by atoms with Gasteiger partial charge in [0.1, 0.15) is 0 Å². The van der Waals surface area contributed by atoms with Crippen molar-refractivity contribution in [1.29, 1.82) is 0 Å². The first-order chi connectivity index (χ1) is 7.75. The highest BCUT2D eigenvalue weighted by Gasteiger charge is 2.26. The molecule has 1 aliphatic heterocycles. The normalized spacial score (nSPS) is 21.9. The van der Waals surface area contributed by atoms with Gasteiger partial charge in [-0.1, -0.05) is 6.07 Å². The van der Waals surface area contributed by atoms with E-state index in [4.69, 9.17) is 9.84 Å². The third-order valence-corrected chi connectivity index (χ3v) is 2.54. The Morgan fingerprint density at radius 3 is 3.19 bits per heavy atom. The minimum absolute atomic E-state index is 0.423. The smallest absolute Gasteiger partial charge is 0.334 e. The number of morpholine rings is 1. The monoisotopic (exact) mass is 222 g/mol. The van der Waals surface area contributed by atoms with E-state index < -0.39 is 12.1 Å². The maximum Gasteiger partial charge on any atom is 0.334 e. The summed E-state index contributed by atoms with van der Waals surface area (Å²) in [5.74, 6) is -0.897. The SMILES string of the molecule is O=C(O)C1CN(Cc2ccccn2)CCO1. The zero-order valence-corrected chi connectivity index (χ0v) is 8.87. The third kappa shape index (κ3) is 2.77. The number of ether oxygens (including phenoxy) is 1. The maximum absolute atomic E-state index is 10.8. The molecule has 16 heavy (non-hydrogen) atoms. The van der Waals surface area contributed by atoms with E-state index in [2.05, 4.69) is 4.98 Å². The fraction of sp³-hybridized carbons (Fsp3) is 0.455. The van der Waals surface area contributed by atoms with E-state index in [1.165, 1.54) is 0 Å². The summed E-state index contributed by atoms with van der Waals surface area (Å²) in [6, 6.07) is 5.73. The van der Waals surface area contributed by atoms with Gasteiger partial charge in [0.2, 0.25) is 0 Å². The fourth-order valence-corrected chi connectivity index (χ4v) is 1.72. The van der Waals surface area contributed by atoms with Gasteiger partial charge < -0.3 is 9.84 Å². The summed E-state index contributed by atoms with van der Waals surface area (Å²) in [5, 5.41) is 8.85. The quantitative estimate of drug-likeness (QED) is 0.800. The summed E-state index contributed by atoms with van der Waals surface area (Å²) in [6.07, 6.45) is 1.03. The lowest BCUT2D eigenvalue weighted by Crippen LogP contribution is -2.45. The predicted octanol–water partition coefficient (Wildman–Crippen LogP) is 0.367. The third-order valence-electron chi connectivity index (χ3n) is 2.54. The highest BCUT2D eigenvalue weighted by atomic mass is 16.5. The summed E-state index contributed by atoms with van der Waals surface area (Å²) in [7, 11) is 0. The number of carboxylic acids is 1. The molecule has 0 aliphatic carbocycles. The number of rotatable bonds is 3. The molecular weight excluding hydrogens is 208 g/mol. The van der Waals surface area contributed by atoms with Crippen molar-refractivity contribution >= 4 is 5.97 Å². The molecule has 0 aromatic carbocycles. The lowest BCUT2D eigenvalue weighted by atomic mass is 10.2. The number of aromatic nitrogens is 1. The Morgan fingerprint density at radius 1 is 1.62 bits per heavy atom. The van der Waals surface area contributed by atoms with E-state index >= 15 is 0 Å². The van der Waals surface area contributed by atoms with Gasteiger partial charge in [0.15, 0.2) is 6.10 Å². The van der Waals surface area contributed by atoms with Gasteiger partial charge in [0.05, 0.1) is 12.3 Å². The van der Waals surface area contributed by atoms with Gasteiger partial charge in [-0.3, -0.25) is 9.88 Å². The van der Waals surface area contributed by atoms with Gasteiger partial charge in [-0.25, -0.2) is 4.79 Å². The van der Waals surface area contributed by atoms with Crippen LogP contribution >= 0.6 is 0 Å². The van der Waals surface area contributed by atoms with Gasteiger partial charge in [0, 0.05) is 25.8 Å². The molecule has 5 nitrogen and oxygen atoms in total. The zero-order valence-electron chi connectivity index (χ0n) is 8.87. The number of nitrogens with zero attached hydrogens (tertiary/aromatic N) is 2. The second-order valence-corrected chi connectivity index (χ2v) is 3.75. The summed E-state index contributed by atoms with van der Waals surface area (Å²) in [5.41, 5.74) is 0.952. The lowest BCUT2D eigenvalue weighted by Gasteiger charge is -2.30. The van der Waals surface area contributed by atoms with Crippen LogP contribution in [0.25, 0.3) is 0 Å². The maximum atomic E-state index is 10.8. The Kier molecular flexibility index (Phi) is 3.48. The molecule has 1 N–H and O–H groups in total. The standard InChI is InChI=1S/C11H14N2O3/c14-11(15)10-8-13(5-6-16-10)7-9-3-1-2-4-12-9/h1-4,10H,5-8H2,(H,14,15). The number of aliphatic carboxylic acids is 1. The van der Waals surface area contributed by atoms with Crippen molar-refractivity contribution in [2.45, 2.75) is 12.6 Å². The molecule has 2 rings (SSSR count). The molecule has 2 heterocycles. The molecule has 1 atom stereocenters. The minimum Gasteiger partial charge on any atom is -0.479 e. The predicted molar refractivity (Wildman–Crippen MR) is 56.9 cm³/mol. The van der Waals surface area contributed by atoms with E-state index in [0.29, 0.717) is 19.7 Å². The molecule has 1 aromatic rings. The average Bonchev–Trinajstić information content (AvgIpc) is 2.30.